The van der Waals surface area contributed by atoms with E-state index in [9.17, 15) is 4.79 Å². The molecule has 0 bridgehead atoms. The van der Waals surface area contributed by atoms with Gasteiger partial charge in [-0.1, -0.05) is 41.9 Å². The van der Waals surface area contributed by atoms with Crippen LogP contribution >= 0.6 is 27.5 Å². The van der Waals surface area contributed by atoms with Gasteiger partial charge in [0.2, 0.25) is 0 Å². The summed E-state index contributed by atoms with van der Waals surface area (Å²) in [6, 6.07) is 12.5. The lowest BCUT2D eigenvalue weighted by atomic mass is 10.1. The summed E-state index contributed by atoms with van der Waals surface area (Å²) in [6.45, 7) is 0. The Kier molecular flexibility index (Phi) is 4.18. The molecule has 1 unspecified atom stereocenters. The molecule has 1 heterocycles. The molecule has 0 saturated carbocycles. The van der Waals surface area contributed by atoms with E-state index >= 15 is 0 Å². The minimum Gasteiger partial charge on any atom is -0.467 e. The van der Waals surface area contributed by atoms with Crippen LogP contribution in [0.5, 0.6) is 0 Å². The number of halogens is 2. The number of ether oxygens (including phenoxy) is 1. The fourth-order valence-corrected chi connectivity index (χ4v) is 2.85. The van der Waals surface area contributed by atoms with Crippen molar-refractivity contribution in [1.82, 2.24) is 9.78 Å². The van der Waals surface area contributed by atoms with Crippen LogP contribution in [-0.4, -0.2) is 22.9 Å². The summed E-state index contributed by atoms with van der Waals surface area (Å²) in [7, 11) is 1.37. The molecule has 0 aliphatic heterocycles. The first kappa shape index (κ1) is 15.1. The molecule has 0 fully saturated rings. The molecule has 0 aliphatic carbocycles. The van der Waals surface area contributed by atoms with Gasteiger partial charge in [-0.2, -0.15) is 5.10 Å². The van der Waals surface area contributed by atoms with Gasteiger partial charge in [0.15, 0.2) is 6.04 Å². The smallest absolute Gasteiger partial charge is 0.335 e. The number of rotatable bonds is 3. The van der Waals surface area contributed by atoms with Gasteiger partial charge in [0.1, 0.15) is 5.52 Å². The second-order valence-corrected chi connectivity index (χ2v) is 5.98. The first-order valence-electron chi connectivity index (χ1n) is 6.57. The highest BCUT2D eigenvalue weighted by molar-refractivity contribution is 9.10. The second-order valence-electron chi connectivity index (χ2n) is 4.74. The SMILES string of the molecule is COC(=O)C(c1ccccc1)n1cc2ccc(Br)c(Cl)c2n1. The molecule has 112 valence electrons. The van der Waals surface area contributed by atoms with Crippen molar-refractivity contribution in [1.29, 1.82) is 0 Å². The number of aromatic nitrogens is 2. The second kappa shape index (κ2) is 6.10. The maximum Gasteiger partial charge on any atom is 0.335 e. The van der Waals surface area contributed by atoms with Crippen molar-refractivity contribution in [2.75, 3.05) is 7.11 Å². The average molecular weight is 380 g/mol. The number of hydrogen-bond acceptors (Lipinski definition) is 3. The summed E-state index contributed by atoms with van der Waals surface area (Å²) in [6.07, 6.45) is 1.79. The zero-order chi connectivity index (χ0) is 15.7. The summed E-state index contributed by atoms with van der Waals surface area (Å²) in [4.78, 5) is 12.2. The molecule has 3 rings (SSSR count). The maximum atomic E-state index is 12.2. The Morgan fingerprint density at radius 2 is 2.00 bits per heavy atom. The first-order chi connectivity index (χ1) is 10.6. The van der Waals surface area contributed by atoms with Crippen molar-refractivity contribution in [3.05, 3.63) is 63.7 Å². The quantitative estimate of drug-likeness (QED) is 0.640. The molecule has 4 nitrogen and oxygen atoms in total. The van der Waals surface area contributed by atoms with E-state index in [1.807, 2.05) is 42.5 Å². The largest absolute Gasteiger partial charge is 0.467 e. The summed E-state index contributed by atoms with van der Waals surface area (Å²) in [5.74, 6) is -0.380. The Balaban J connectivity index is 2.16. The van der Waals surface area contributed by atoms with Crippen LogP contribution in [0.15, 0.2) is 53.1 Å². The van der Waals surface area contributed by atoms with Gasteiger partial charge in [-0.05, 0) is 33.6 Å². The van der Waals surface area contributed by atoms with Crippen LogP contribution in [0.25, 0.3) is 10.9 Å². The predicted octanol–water partition coefficient (Wildman–Crippen LogP) is 4.21. The van der Waals surface area contributed by atoms with Gasteiger partial charge in [-0.25, -0.2) is 4.79 Å². The predicted molar refractivity (Wildman–Crippen MR) is 89.0 cm³/mol. The summed E-state index contributed by atoms with van der Waals surface area (Å²) < 4.78 is 7.28. The number of benzene rings is 2. The summed E-state index contributed by atoms with van der Waals surface area (Å²) in [5, 5.41) is 5.85. The molecule has 22 heavy (non-hydrogen) atoms. The summed E-state index contributed by atoms with van der Waals surface area (Å²) >= 11 is 9.64. The molecule has 0 amide bonds. The highest BCUT2D eigenvalue weighted by Crippen LogP contribution is 2.31. The Morgan fingerprint density at radius 3 is 2.68 bits per heavy atom. The lowest BCUT2D eigenvalue weighted by Crippen LogP contribution is -2.22. The number of fused-ring (bicyclic) bond motifs is 1. The van der Waals surface area contributed by atoms with Gasteiger partial charge < -0.3 is 4.74 Å². The first-order valence-corrected chi connectivity index (χ1v) is 7.74. The molecule has 6 heteroatoms. The third-order valence-corrected chi connectivity index (χ3v) is 4.66. The standard InChI is InChI=1S/C16H12BrClN2O2/c1-22-16(21)15(10-5-3-2-4-6-10)20-9-11-7-8-12(17)13(18)14(11)19-20/h2-9,15H,1H3. The molecular formula is C16H12BrClN2O2. The highest BCUT2D eigenvalue weighted by Gasteiger charge is 2.25. The van der Waals surface area contributed by atoms with E-state index in [1.54, 1.807) is 10.9 Å². The molecule has 0 N–H and O–H groups in total. The van der Waals surface area contributed by atoms with Crippen LogP contribution in [0.1, 0.15) is 11.6 Å². The van der Waals surface area contributed by atoms with Crippen molar-refractivity contribution < 1.29 is 9.53 Å². The van der Waals surface area contributed by atoms with Crippen molar-refractivity contribution in [2.45, 2.75) is 6.04 Å². The van der Waals surface area contributed by atoms with Crippen LogP contribution in [-0.2, 0) is 9.53 Å². The van der Waals surface area contributed by atoms with E-state index in [0.717, 1.165) is 15.4 Å². The molecule has 2 aromatic carbocycles. The van der Waals surface area contributed by atoms with Crippen molar-refractivity contribution in [2.24, 2.45) is 0 Å². The Hall–Kier alpha value is -1.85. The van der Waals surface area contributed by atoms with E-state index in [1.165, 1.54) is 7.11 Å². The molecule has 0 radical (unpaired) electrons. The lowest BCUT2D eigenvalue weighted by Gasteiger charge is -2.15. The fraction of sp³-hybridized carbons (Fsp3) is 0.125. The topological polar surface area (TPSA) is 44.1 Å². The number of carbonyl (C=O) groups excluding carboxylic acids is 1. The highest BCUT2D eigenvalue weighted by atomic mass is 79.9. The Morgan fingerprint density at radius 1 is 1.27 bits per heavy atom. The van der Waals surface area contributed by atoms with E-state index < -0.39 is 6.04 Å². The van der Waals surface area contributed by atoms with Gasteiger partial charge in [0.05, 0.1) is 12.1 Å². The molecule has 1 atom stereocenters. The number of carbonyl (C=O) groups is 1. The van der Waals surface area contributed by atoms with Gasteiger partial charge in [-0.15, -0.1) is 0 Å². The molecule has 1 aromatic heterocycles. The fourth-order valence-electron chi connectivity index (χ4n) is 2.32. The number of nitrogens with zero attached hydrogens (tertiary/aromatic N) is 2. The van der Waals surface area contributed by atoms with E-state index in [0.29, 0.717) is 10.5 Å². The molecule has 0 spiro atoms. The molecule has 0 aliphatic rings. The Bertz CT molecular complexity index is 833. The van der Waals surface area contributed by atoms with Crippen LogP contribution < -0.4 is 0 Å². The van der Waals surface area contributed by atoms with Crippen LogP contribution in [0, 0.1) is 0 Å². The number of esters is 1. The number of hydrogen-bond donors (Lipinski definition) is 0. The van der Waals surface area contributed by atoms with Gasteiger partial charge >= 0.3 is 5.97 Å². The van der Waals surface area contributed by atoms with Crippen molar-refractivity contribution in [3.8, 4) is 0 Å². The number of methoxy groups -OCH3 is 1. The molecular weight excluding hydrogens is 368 g/mol. The minimum atomic E-state index is -0.645. The van der Waals surface area contributed by atoms with E-state index in [-0.39, 0.29) is 5.97 Å². The van der Waals surface area contributed by atoms with Crippen molar-refractivity contribution in [3.63, 3.8) is 0 Å². The van der Waals surface area contributed by atoms with E-state index in [2.05, 4.69) is 21.0 Å². The van der Waals surface area contributed by atoms with Gasteiger partial charge in [0.25, 0.3) is 0 Å². The van der Waals surface area contributed by atoms with Crippen LogP contribution in [0.2, 0.25) is 5.02 Å². The normalized spacial score (nSPS) is 12.3. The average Bonchev–Trinajstić information content (AvgIpc) is 2.96. The molecule has 0 saturated heterocycles. The minimum absolute atomic E-state index is 0.380. The molecule has 3 aromatic rings. The van der Waals surface area contributed by atoms with E-state index in [4.69, 9.17) is 16.3 Å². The lowest BCUT2D eigenvalue weighted by molar-refractivity contribution is -0.143. The van der Waals surface area contributed by atoms with Crippen LogP contribution in [0.3, 0.4) is 0 Å². The van der Waals surface area contributed by atoms with Gasteiger partial charge in [-0.3, -0.25) is 4.68 Å². The zero-order valence-corrected chi connectivity index (χ0v) is 14.0. The maximum absolute atomic E-state index is 12.2. The Labute approximate surface area is 140 Å². The van der Waals surface area contributed by atoms with Gasteiger partial charge in [0, 0.05) is 16.1 Å². The third-order valence-electron chi connectivity index (χ3n) is 3.39. The zero-order valence-electron chi connectivity index (χ0n) is 11.7. The van der Waals surface area contributed by atoms with Crippen LogP contribution in [0.4, 0.5) is 0 Å². The monoisotopic (exact) mass is 378 g/mol. The van der Waals surface area contributed by atoms with Crippen molar-refractivity contribution >= 4 is 44.4 Å². The third kappa shape index (κ3) is 2.62. The summed E-state index contributed by atoms with van der Waals surface area (Å²) in [5.41, 5.74) is 1.44.